The summed E-state index contributed by atoms with van der Waals surface area (Å²) in [4.78, 5) is 8.82. The molecule has 0 saturated carbocycles. The Morgan fingerprint density at radius 1 is 1.06 bits per heavy atom. The number of nitrogens with zero attached hydrogens (tertiary/aromatic N) is 2. The SMILES string of the molecule is COc1cncc(-c2cccc([C@]3(c4ccc(OC(F)F)c(C)c4)COC(N)=N3)c2)c1. The predicted molar refractivity (Wildman–Crippen MR) is 112 cm³/mol. The first-order valence-corrected chi connectivity index (χ1v) is 9.55. The molecule has 8 heteroatoms. The van der Waals surface area contributed by atoms with Crippen LogP contribution in [0.25, 0.3) is 11.1 Å². The zero-order valence-electron chi connectivity index (χ0n) is 17.0. The van der Waals surface area contributed by atoms with Crippen molar-refractivity contribution in [2.24, 2.45) is 10.7 Å². The number of hydrogen-bond acceptors (Lipinski definition) is 6. The lowest BCUT2D eigenvalue weighted by atomic mass is 9.82. The van der Waals surface area contributed by atoms with Crippen molar-refractivity contribution in [3.05, 3.63) is 77.6 Å². The summed E-state index contributed by atoms with van der Waals surface area (Å²) in [6, 6.07) is 14.7. The van der Waals surface area contributed by atoms with Crippen LogP contribution in [0.3, 0.4) is 0 Å². The zero-order chi connectivity index (χ0) is 22.0. The van der Waals surface area contributed by atoms with E-state index in [9.17, 15) is 8.78 Å². The molecule has 0 unspecified atom stereocenters. The van der Waals surface area contributed by atoms with Crippen molar-refractivity contribution >= 4 is 6.02 Å². The number of aliphatic imine (C=N–C) groups is 1. The van der Waals surface area contributed by atoms with Crippen molar-refractivity contribution in [3.63, 3.8) is 0 Å². The van der Waals surface area contributed by atoms with Crippen LogP contribution in [-0.2, 0) is 10.3 Å². The Labute approximate surface area is 178 Å². The molecule has 6 nitrogen and oxygen atoms in total. The molecule has 160 valence electrons. The van der Waals surface area contributed by atoms with Gasteiger partial charge in [0.1, 0.15) is 18.1 Å². The highest BCUT2D eigenvalue weighted by molar-refractivity contribution is 5.76. The van der Waals surface area contributed by atoms with Crippen molar-refractivity contribution in [1.82, 2.24) is 4.98 Å². The average Bonchev–Trinajstić information content (AvgIpc) is 3.18. The number of aryl methyl sites for hydroxylation is 1. The van der Waals surface area contributed by atoms with E-state index in [1.54, 1.807) is 38.6 Å². The smallest absolute Gasteiger partial charge is 0.387 e. The molecule has 0 fully saturated rings. The van der Waals surface area contributed by atoms with Crippen LogP contribution in [0, 0.1) is 6.92 Å². The molecule has 1 atom stereocenters. The number of aromatic nitrogens is 1. The maximum atomic E-state index is 12.7. The number of ether oxygens (including phenoxy) is 3. The summed E-state index contributed by atoms with van der Waals surface area (Å²) >= 11 is 0. The second kappa shape index (κ2) is 8.22. The third-order valence-corrected chi connectivity index (χ3v) is 5.22. The van der Waals surface area contributed by atoms with Gasteiger partial charge in [-0.2, -0.15) is 8.78 Å². The molecule has 0 saturated heterocycles. The third-order valence-electron chi connectivity index (χ3n) is 5.22. The molecule has 2 aromatic carbocycles. The topological polar surface area (TPSA) is 79.0 Å². The zero-order valence-corrected chi connectivity index (χ0v) is 17.0. The van der Waals surface area contributed by atoms with Gasteiger partial charge in [-0.1, -0.05) is 24.3 Å². The summed E-state index contributed by atoms with van der Waals surface area (Å²) in [6.07, 6.45) is 3.38. The Bertz CT molecular complexity index is 1140. The van der Waals surface area contributed by atoms with Crippen LogP contribution >= 0.6 is 0 Å². The number of methoxy groups -OCH3 is 1. The van der Waals surface area contributed by atoms with Gasteiger partial charge in [-0.3, -0.25) is 4.98 Å². The van der Waals surface area contributed by atoms with E-state index >= 15 is 0 Å². The molecule has 0 aliphatic carbocycles. The second-order valence-corrected chi connectivity index (χ2v) is 7.15. The fourth-order valence-corrected chi connectivity index (χ4v) is 3.67. The molecule has 31 heavy (non-hydrogen) atoms. The first kappa shape index (κ1) is 20.6. The standard InChI is InChI=1S/C23H21F2N3O3/c1-14-8-18(6-7-20(14)31-21(24)25)23(13-30-22(26)28-23)17-5-3-4-15(9-17)16-10-19(29-2)12-27-11-16/h3-12,21H,13H2,1-2H3,(H2,26,28)/t23-/m0/s1. The Morgan fingerprint density at radius 3 is 2.55 bits per heavy atom. The molecular weight excluding hydrogens is 404 g/mol. The fourth-order valence-electron chi connectivity index (χ4n) is 3.67. The molecule has 1 aromatic heterocycles. The van der Waals surface area contributed by atoms with Crippen molar-refractivity contribution in [3.8, 4) is 22.6 Å². The largest absolute Gasteiger partial charge is 0.495 e. The molecule has 1 aliphatic rings. The Morgan fingerprint density at radius 2 is 1.87 bits per heavy atom. The number of alkyl halides is 2. The van der Waals surface area contributed by atoms with Gasteiger partial charge in [-0.05, 0) is 53.4 Å². The molecule has 0 bridgehead atoms. The normalized spacial score (nSPS) is 17.9. The number of halogens is 2. The highest BCUT2D eigenvalue weighted by Gasteiger charge is 2.40. The van der Waals surface area contributed by atoms with Gasteiger partial charge in [-0.25, -0.2) is 4.99 Å². The van der Waals surface area contributed by atoms with Crippen LogP contribution in [0.1, 0.15) is 16.7 Å². The van der Waals surface area contributed by atoms with Crippen LogP contribution < -0.4 is 15.2 Å². The van der Waals surface area contributed by atoms with Crippen LogP contribution in [-0.4, -0.2) is 31.3 Å². The molecule has 0 radical (unpaired) electrons. The Hall–Kier alpha value is -3.68. The van der Waals surface area contributed by atoms with Crippen LogP contribution in [0.2, 0.25) is 0 Å². The number of nitrogens with two attached hydrogens (primary N) is 1. The molecule has 0 amide bonds. The van der Waals surface area contributed by atoms with Gasteiger partial charge in [0.15, 0.2) is 5.54 Å². The number of benzene rings is 2. The minimum Gasteiger partial charge on any atom is -0.495 e. The average molecular weight is 425 g/mol. The maximum Gasteiger partial charge on any atom is 0.387 e. The van der Waals surface area contributed by atoms with Gasteiger partial charge < -0.3 is 19.9 Å². The molecule has 1 aliphatic heterocycles. The number of hydrogen-bond donors (Lipinski definition) is 1. The summed E-state index contributed by atoms with van der Waals surface area (Å²) in [5, 5.41) is 0. The summed E-state index contributed by atoms with van der Waals surface area (Å²) in [5.74, 6) is 0.760. The molecule has 3 aromatic rings. The van der Waals surface area contributed by atoms with Crippen molar-refractivity contribution in [2.45, 2.75) is 19.1 Å². The summed E-state index contributed by atoms with van der Waals surface area (Å²) < 4.78 is 40.7. The molecule has 0 spiro atoms. The Kier molecular flexibility index (Phi) is 5.46. The molecular formula is C23H21F2N3O3. The van der Waals surface area contributed by atoms with Crippen molar-refractivity contribution in [2.75, 3.05) is 13.7 Å². The van der Waals surface area contributed by atoms with E-state index in [0.29, 0.717) is 11.3 Å². The van der Waals surface area contributed by atoms with Crippen molar-refractivity contribution < 1.29 is 23.0 Å². The minimum atomic E-state index is -2.89. The number of pyridine rings is 1. The highest BCUT2D eigenvalue weighted by atomic mass is 19.3. The van der Waals surface area contributed by atoms with E-state index in [2.05, 4.69) is 14.7 Å². The third kappa shape index (κ3) is 4.01. The molecule has 4 rings (SSSR count). The number of amidine groups is 1. The predicted octanol–water partition coefficient (Wildman–Crippen LogP) is 4.26. The van der Waals surface area contributed by atoms with Gasteiger partial charge in [0.2, 0.25) is 0 Å². The van der Waals surface area contributed by atoms with Crippen LogP contribution in [0.5, 0.6) is 11.5 Å². The van der Waals surface area contributed by atoms with E-state index in [0.717, 1.165) is 22.3 Å². The fraction of sp³-hybridized carbons (Fsp3) is 0.217. The lowest BCUT2D eigenvalue weighted by Gasteiger charge is -2.26. The lowest BCUT2D eigenvalue weighted by molar-refractivity contribution is -0.0503. The van der Waals surface area contributed by atoms with Gasteiger partial charge >= 0.3 is 6.61 Å². The first-order valence-electron chi connectivity index (χ1n) is 9.55. The maximum absolute atomic E-state index is 12.7. The highest BCUT2D eigenvalue weighted by Crippen LogP contribution is 2.40. The van der Waals surface area contributed by atoms with Crippen molar-refractivity contribution in [1.29, 1.82) is 0 Å². The first-order chi connectivity index (χ1) is 14.9. The Balaban J connectivity index is 1.80. The van der Waals surface area contributed by atoms with Gasteiger partial charge in [0.05, 0.1) is 13.3 Å². The van der Waals surface area contributed by atoms with Gasteiger partial charge in [-0.15, -0.1) is 0 Å². The summed E-state index contributed by atoms with van der Waals surface area (Å²) in [6.45, 7) is -1.00. The van der Waals surface area contributed by atoms with Gasteiger partial charge in [0, 0.05) is 11.8 Å². The van der Waals surface area contributed by atoms with E-state index in [1.807, 2.05) is 30.3 Å². The summed E-state index contributed by atoms with van der Waals surface area (Å²) in [7, 11) is 1.59. The van der Waals surface area contributed by atoms with Crippen LogP contribution in [0.15, 0.2) is 65.9 Å². The van der Waals surface area contributed by atoms with E-state index in [1.165, 1.54) is 6.07 Å². The summed E-state index contributed by atoms with van der Waals surface area (Å²) in [5.41, 5.74) is 8.92. The molecule has 2 heterocycles. The molecule has 2 N–H and O–H groups in total. The number of rotatable bonds is 6. The minimum absolute atomic E-state index is 0.0685. The van der Waals surface area contributed by atoms with Crippen LogP contribution in [0.4, 0.5) is 8.78 Å². The second-order valence-electron chi connectivity index (χ2n) is 7.15. The quantitative estimate of drug-likeness (QED) is 0.639. The van der Waals surface area contributed by atoms with Gasteiger partial charge in [0.25, 0.3) is 6.02 Å². The van der Waals surface area contributed by atoms with E-state index < -0.39 is 12.2 Å². The van der Waals surface area contributed by atoms with E-state index in [4.69, 9.17) is 15.2 Å². The monoisotopic (exact) mass is 425 g/mol. The lowest BCUT2D eigenvalue weighted by Crippen LogP contribution is -2.27. The van der Waals surface area contributed by atoms with E-state index in [-0.39, 0.29) is 18.4 Å².